The van der Waals surface area contributed by atoms with E-state index in [-0.39, 0.29) is 23.3 Å². The topological polar surface area (TPSA) is 58.6 Å². The average Bonchev–Trinajstić information content (AvgIpc) is 2.25. The molecule has 0 aromatic heterocycles. The number of nitrogens with one attached hydrogen (secondary N) is 1. The van der Waals surface area contributed by atoms with E-state index in [0.29, 0.717) is 25.9 Å². The van der Waals surface area contributed by atoms with E-state index in [1.807, 2.05) is 20.8 Å². The molecule has 0 bridgehead atoms. The first-order chi connectivity index (χ1) is 7.79. The van der Waals surface area contributed by atoms with Crippen molar-refractivity contribution in [1.82, 2.24) is 10.4 Å². The van der Waals surface area contributed by atoms with E-state index >= 15 is 0 Å². The SMILES string of the molecule is CC(=O)N1CCC(C(=O)NOC(C)(C)C)CC1. The minimum atomic E-state index is -0.379. The summed E-state index contributed by atoms with van der Waals surface area (Å²) in [5.41, 5.74) is 2.11. The third-order valence-corrected chi connectivity index (χ3v) is 2.77. The van der Waals surface area contributed by atoms with Gasteiger partial charge in [0.2, 0.25) is 11.8 Å². The Morgan fingerprint density at radius 2 is 1.76 bits per heavy atom. The van der Waals surface area contributed by atoms with Crippen LogP contribution in [0, 0.1) is 5.92 Å². The number of amides is 2. The van der Waals surface area contributed by atoms with Crippen molar-refractivity contribution < 1.29 is 14.4 Å². The van der Waals surface area contributed by atoms with Crippen LogP contribution in [0.25, 0.3) is 0 Å². The molecule has 0 atom stereocenters. The van der Waals surface area contributed by atoms with Crippen molar-refractivity contribution in [2.24, 2.45) is 5.92 Å². The molecule has 0 aliphatic carbocycles. The summed E-state index contributed by atoms with van der Waals surface area (Å²) in [5, 5.41) is 0. The number of piperidine rings is 1. The normalized spacial score (nSPS) is 18.0. The lowest BCUT2D eigenvalue weighted by molar-refractivity contribution is -0.152. The first-order valence-corrected chi connectivity index (χ1v) is 6.03. The molecule has 2 amide bonds. The highest BCUT2D eigenvalue weighted by molar-refractivity contribution is 5.78. The Hall–Kier alpha value is -1.10. The quantitative estimate of drug-likeness (QED) is 0.737. The minimum Gasteiger partial charge on any atom is -0.343 e. The number of hydrogen-bond acceptors (Lipinski definition) is 3. The summed E-state index contributed by atoms with van der Waals surface area (Å²) in [5.74, 6) is -0.0501. The fourth-order valence-electron chi connectivity index (χ4n) is 1.74. The van der Waals surface area contributed by atoms with Crippen LogP contribution in [0.2, 0.25) is 0 Å². The lowest BCUT2D eigenvalue weighted by Gasteiger charge is -2.31. The summed E-state index contributed by atoms with van der Waals surface area (Å²) in [6, 6.07) is 0. The summed E-state index contributed by atoms with van der Waals surface area (Å²) < 4.78 is 0. The summed E-state index contributed by atoms with van der Waals surface area (Å²) in [6.07, 6.45) is 1.41. The van der Waals surface area contributed by atoms with E-state index in [9.17, 15) is 9.59 Å². The van der Waals surface area contributed by atoms with Crippen LogP contribution in [0.15, 0.2) is 0 Å². The molecule has 1 aliphatic heterocycles. The van der Waals surface area contributed by atoms with Crippen LogP contribution in [0.4, 0.5) is 0 Å². The third kappa shape index (κ3) is 4.73. The van der Waals surface area contributed by atoms with Gasteiger partial charge in [-0.25, -0.2) is 5.48 Å². The molecular formula is C12H22N2O3. The number of nitrogens with zero attached hydrogens (tertiary/aromatic N) is 1. The van der Waals surface area contributed by atoms with Gasteiger partial charge in [-0.2, -0.15) is 0 Å². The molecule has 17 heavy (non-hydrogen) atoms. The van der Waals surface area contributed by atoms with Gasteiger partial charge >= 0.3 is 0 Å². The van der Waals surface area contributed by atoms with Crippen molar-refractivity contribution in [2.75, 3.05) is 13.1 Å². The monoisotopic (exact) mass is 242 g/mol. The second-order valence-electron chi connectivity index (χ2n) is 5.46. The highest BCUT2D eigenvalue weighted by Crippen LogP contribution is 2.17. The lowest BCUT2D eigenvalue weighted by atomic mass is 9.96. The van der Waals surface area contributed by atoms with Gasteiger partial charge in [-0.1, -0.05) is 0 Å². The van der Waals surface area contributed by atoms with Crippen molar-refractivity contribution in [3.63, 3.8) is 0 Å². The molecule has 1 N–H and O–H groups in total. The van der Waals surface area contributed by atoms with Crippen LogP contribution in [0.1, 0.15) is 40.5 Å². The first kappa shape index (κ1) is 14.0. The largest absolute Gasteiger partial charge is 0.343 e. The van der Waals surface area contributed by atoms with E-state index < -0.39 is 0 Å². The summed E-state index contributed by atoms with van der Waals surface area (Å²) in [7, 11) is 0. The van der Waals surface area contributed by atoms with Gasteiger partial charge < -0.3 is 4.90 Å². The summed E-state index contributed by atoms with van der Waals surface area (Å²) in [6.45, 7) is 8.51. The standard InChI is InChI=1S/C12H22N2O3/c1-9(15)14-7-5-10(6-8-14)11(16)13-17-12(2,3)4/h10H,5-8H2,1-4H3,(H,13,16). The van der Waals surface area contributed by atoms with Gasteiger partial charge in [0, 0.05) is 25.9 Å². The third-order valence-electron chi connectivity index (χ3n) is 2.77. The lowest BCUT2D eigenvalue weighted by Crippen LogP contribution is -2.43. The molecule has 5 heteroatoms. The number of likely N-dealkylation sites (tertiary alicyclic amines) is 1. The molecule has 5 nitrogen and oxygen atoms in total. The Balaban J connectivity index is 2.33. The second-order valence-corrected chi connectivity index (χ2v) is 5.46. The summed E-state index contributed by atoms with van der Waals surface area (Å²) in [4.78, 5) is 29.9. The molecule has 1 fully saturated rings. The van der Waals surface area contributed by atoms with Gasteiger partial charge in [-0.05, 0) is 33.6 Å². The molecule has 0 spiro atoms. The Morgan fingerprint density at radius 3 is 2.18 bits per heavy atom. The second kappa shape index (κ2) is 5.49. The number of carbonyl (C=O) groups excluding carboxylic acids is 2. The van der Waals surface area contributed by atoms with Crippen molar-refractivity contribution in [3.8, 4) is 0 Å². The zero-order valence-corrected chi connectivity index (χ0v) is 11.1. The maximum Gasteiger partial charge on any atom is 0.246 e. The van der Waals surface area contributed by atoms with Gasteiger partial charge in [0.1, 0.15) is 0 Å². The molecule has 1 aliphatic rings. The molecular weight excluding hydrogens is 220 g/mol. The van der Waals surface area contributed by atoms with Crippen LogP contribution in [-0.2, 0) is 14.4 Å². The van der Waals surface area contributed by atoms with E-state index in [4.69, 9.17) is 4.84 Å². The fourth-order valence-corrected chi connectivity index (χ4v) is 1.74. The Bertz CT molecular complexity index is 289. The van der Waals surface area contributed by atoms with Gasteiger partial charge in [-0.15, -0.1) is 0 Å². The van der Waals surface area contributed by atoms with Crippen LogP contribution in [0.3, 0.4) is 0 Å². The van der Waals surface area contributed by atoms with E-state index in [0.717, 1.165) is 0 Å². The molecule has 1 saturated heterocycles. The zero-order valence-electron chi connectivity index (χ0n) is 11.1. The van der Waals surface area contributed by atoms with Crippen molar-refractivity contribution in [2.45, 2.75) is 46.1 Å². The van der Waals surface area contributed by atoms with Gasteiger partial charge in [0.05, 0.1) is 5.60 Å². The van der Waals surface area contributed by atoms with Crippen molar-refractivity contribution in [3.05, 3.63) is 0 Å². The Kier molecular flexibility index (Phi) is 4.51. The van der Waals surface area contributed by atoms with Crippen LogP contribution in [-0.4, -0.2) is 35.4 Å². The van der Waals surface area contributed by atoms with Gasteiger partial charge in [0.25, 0.3) is 0 Å². The molecule has 0 saturated carbocycles. The van der Waals surface area contributed by atoms with E-state index in [1.165, 1.54) is 0 Å². The number of hydrogen-bond donors (Lipinski definition) is 1. The highest BCUT2D eigenvalue weighted by atomic mass is 16.7. The van der Waals surface area contributed by atoms with E-state index in [1.54, 1.807) is 11.8 Å². The minimum absolute atomic E-state index is 0.0482. The number of rotatable bonds is 2. The maximum atomic E-state index is 11.8. The maximum absolute atomic E-state index is 11.8. The summed E-state index contributed by atoms with van der Waals surface area (Å²) >= 11 is 0. The molecule has 98 valence electrons. The van der Waals surface area contributed by atoms with Crippen LogP contribution < -0.4 is 5.48 Å². The predicted molar refractivity (Wildman–Crippen MR) is 64.0 cm³/mol. The molecule has 0 radical (unpaired) electrons. The van der Waals surface area contributed by atoms with Crippen LogP contribution >= 0.6 is 0 Å². The fraction of sp³-hybridized carbons (Fsp3) is 0.833. The molecule has 0 aromatic carbocycles. The Labute approximate surface area is 102 Å². The molecule has 0 unspecified atom stereocenters. The molecule has 1 heterocycles. The number of carbonyl (C=O) groups is 2. The highest BCUT2D eigenvalue weighted by Gasteiger charge is 2.26. The van der Waals surface area contributed by atoms with E-state index in [2.05, 4.69) is 5.48 Å². The van der Waals surface area contributed by atoms with Gasteiger partial charge in [0.15, 0.2) is 0 Å². The first-order valence-electron chi connectivity index (χ1n) is 6.03. The predicted octanol–water partition coefficient (Wildman–Crippen LogP) is 1.09. The molecule has 1 rings (SSSR count). The number of hydroxylamine groups is 1. The average molecular weight is 242 g/mol. The van der Waals surface area contributed by atoms with Crippen molar-refractivity contribution in [1.29, 1.82) is 0 Å². The zero-order chi connectivity index (χ0) is 13.1. The van der Waals surface area contributed by atoms with Crippen molar-refractivity contribution >= 4 is 11.8 Å². The van der Waals surface area contributed by atoms with Crippen LogP contribution in [0.5, 0.6) is 0 Å². The smallest absolute Gasteiger partial charge is 0.246 e. The van der Waals surface area contributed by atoms with Gasteiger partial charge in [-0.3, -0.25) is 14.4 Å². The molecule has 0 aromatic rings. The Morgan fingerprint density at radius 1 is 1.24 bits per heavy atom.